The number of aromatic nitrogens is 1. The Morgan fingerprint density at radius 1 is 1.23 bits per heavy atom. The van der Waals surface area contributed by atoms with Crippen molar-refractivity contribution in [2.75, 3.05) is 24.9 Å². The van der Waals surface area contributed by atoms with E-state index in [0.717, 1.165) is 27.9 Å². The number of nitrogens with two attached hydrogens (primary N) is 1. The first-order chi connectivity index (χ1) is 14.7. The van der Waals surface area contributed by atoms with Crippen LogP contribution in [0.2, 0.25) is 0 Å². The Kier molecular flexibility index (Phi) is 5.67. The number of ether oxygens (including phenoxy) is 2. The maximum Gasteiger partial charge on any atom is 0.307 e. The molecule has 1 atom stereocenters. The fourth-order valence-corrected chi connectivity index (χ4v) is 4.91. The van der Waals surface area contributed by atoms with Gasteiger partial charge in [0.15, 0.2) is 9.84 Å². The number of nitrogens with one attached hydrogen (secondary N) is 1. The number of aliphatic imine (C=N–C) groups is 1. The molecule has 0 spiro atoms. The molecule has 0 radical (unpaired) electrons. The summed E-state index contributed by atoms with van der Waals surface area (Å²) in [7, 11) is -1.89. The molecule has 1 aliphatic heterocycles. The molecule has 0 bridgehead atoms. The van der Waals surface area contributed by atoms with Gasteiger partial charge in [-0.15, -0.1) is 11.8 Å². The van der Waals surface area contributed by atoms with Crippen LogP contribution in [0.1, 0.15) is 12.1 Å². The molecule has 31 heavy (non-hydrogen) atoms. The van der Waals surface area contributed by atoms with Crippen molar-refractivity contribution in [1.29, 1.82) is 0 Å². The second kappa shape index (κ2) is 8.27. The van der Waals surface area contributed by atoms with Gasteiger partial charge in [-0.1, -0.05) is 0 Å². The summed E-state index contributed by atoms with van der Waals surface area (Å²) >= 11 is 1.58. The minimum Gasteiger partial charge on any atom is -0.469 e. The van der Waals surface area contributed by atoms with Crippen molar-refractivity contribution in [3.8, 4) is 11.5 Å². The number of carbonyl (C=O) groups is 1. The number of hydrogen-bond donors (Lipinski definition) is 2. The lowest BCUT2D eigenvalue weighted by Crippen LogP contribution is -2.12. The molecule has 4 rings (SSSR count). The third kappa shape index (κ3) is 4.70. The summed E-state index contributed by atoms with van der Waals surface area (Å²) in [6.07, 6.45) is 1.41. The smallest absolute Gasteiger partial charge is 0.307 e. The third-order valence-electron chi connectivity index (χ3n) is 4.79. The van der Waals surface area contributed by atoms with E-state index >= 15 is 0 Å². The summed E-state index contributed by atoms with van der Waals surface area (Å²) in [5.41, 5.74) is 8.33. The van der Waals surface area contributed by atoms with Gasteiger partial charge in [-0.2, -0.15) is 0 Å². The van der Waals surface area contributed by atoms with Gasteiger partial charge in [0.05, 0.1) is 41.4 Å². The molecule has 0 aliphatic carbocycles. The number of fused-ring (bicyclic) bond motifs is 1. The van der Waals surface area contributed by atoms with Gasteiger partial charge in [0.2, 0.25) is 0 Å². The zero-order chi connectivity index (χ0) is 22.2. The van der Waals surface area contributed by atoms with E-state index in [1.165, 1.54) is 19.2 Å². The maximum absolute atomic E-state index is 11.6. The Morgan fingerprint density at radius 3 is 2.65 bits per heavy atom. The van der Waals surface area contributed by atoms with Crippen LogP contribution in [0.5, 0.6) is 11.5 Å². The van der Waals surface area contributed by atoms with Crippen molar-refractivity contribution in [2.24, 2.45) is 4.99 Å². The summed E-state index contributed by atoms with van der Waals surface area (Å²) < 4.78 is 33.8. The highest BCUT2D eigenvalue weighted by atomic mass is 32.2. The van der Waals surface area contributed by atoms with E-state index < -0.39 is 9.84 Å². The molecular formula is C21H21N3O5S2. The number of rotatable bonds is 6. The molecule has 10 heteroatoms. The first kappa shape index (κ1) is 21.3. The van der Waals surface area contributed by atoms with Crippen molar-refractivity contribution in [1.82, 2.24) is 4.98 Å². The number of H-pyrrole nitrogens is 1. The van der Waals surface area contributed by atoms with Gasteiger partial charge in [0.25, 0.3) is 0 Å². The summed E-state index contributed by atoms with van der Waals surface area (Å²) in [6, 6.07) is 11.6. The lowest BCUT2D eigenvalue weighted by atomic mass is 10.2. The zero-order valence-corrected chi connectivity index (χ0v) is 18.5. The Balaban J connectivity index is 1.57. The van der Waals surface area contributed by atoms with Gasteiger partial charge in [0, 0.05) is 23.5 Å². The third-order valence-corrected chi connectivity index (χ3v) is 7.07. The largest absolute Gasteiger partial charge is 0.469 e. The Bertz CT molecular complexity index is 1280. The lowest BCUT2D eigenvalue weighted by Gasteiger charge is -2.08. The number of nitrogen functional groups attached to an aromatic ring is 1. The second-order valence-electron chi connectivity index (χ2n) is 7.18. The fraction of sp³-hybridized carbons (Fsp3) is 0.238. The van der Waals surface area contributed by atoms with Gasteiger partial charge in [0.1, 0.15) is 16.5 Å². The first-order valence-corrected chi connectivity index (χ1v) is 12.3. The van der Waals surface area contributed by atoms with Crippen LogP contribution >= 0.6 is 11.8 Å². The highest BCUT2D eigenvalue weighted by molar-refractivity contribution is 8.14. The molecule has 1 unspecified atom stereocenters. The van der Waals surface area contributed by atoms with E-state index in [2.05, 4.69) is 9.98 Å². The van der Waals surface area contributed by atoms with Crippen LogP contribution in [0.4, 0.5) is 5.69 Å². The molecule has 2 heterocycles. The molecule has 0 amide bonds. The minimum absolute atomic E-state index is 0.106. The van der Waals surface area contributed by atoms with E-state index in [9.17, 15) is 13.2 Å². The molecule has 1 aromatic heterocycles. The number of methoxy groups -OCH3 is 1. The van der Waals surface area contributed by atoms with Gasteiger partial charge in [-0.25, -0.2) is 8.42 Å². The quantitative estimate of drug-likeness (QED) is 0.428. The fourth-order valence-electron chi connectivity index (χ4n) is 3.25. The first-order valence-electron chi connectivity index (χ1n) is 9.41. The number of hydrogen-bond acceptors (Lipinski definition) is 8. The molecule has 3 N–H and O–H groups in total. The standard InChI is InChI=1S/C21H21N3O5S2/c1-28-19(25)9-13-11-30-21(23-13)18-8-12-7-15(10-17(22)20(12)24-18)29-14-3-5-16(6-4-14)31(2,26)27/h3-8,10,13,24H,9,11,22H2,1-2H3. The number of thioether (sulfide) groups is 1. The van der Waals surface area contributed by atoms with E-state index in [1.54, 1.807) is 30.0 Å². The molecular weight excluding hydrogens is 438 g/mol. The SMILES string of the molecule is COC(=O)CC1CSC(c2cc3cc(Oc4ccc(S(C)(=O)=O)cc4)cc(N)c3[nH]2)=N1. The minimum atomic E-state index is -3.26. The van der Waals surface area contributed by atoms with Crippen molar-refractivity contribution in [2.45, 2.75) is 17.4 Å². The molecule has 8 nitrogen and oxygen atoms in total. The highest BCUT2D eigenvalue weighted by Crippen LogP contribution is 2.33. The predicted octanol–water partition coefficient (Wildman–Crippen LogP) is 3.37. The summed E-state index contributed by atoms with van der Waals surface area (Å²) in [6.45, 7) is 0. The highest BCUT2D eigenvalue weighted by Gasteiger charge is 2.23. The Labute approximate surface area is 183 Å². The van der Waals surface area contributed by atoms with Crippen LogP contribution in [0.3, 0.4) is 0 Å². The summed E-state index contributed by atoms with van der Waals surface area (Å²) in [5, 5.41) is 1.68. The number of benzene rings is 2. The normalized spacial score (nSPS) is 16.3. The number of carbonyl (C=O) groups excluding carboxylic acids is 1. The monoisotopic (exact) mass is 459 g/mol. The molecule has 162 valence electrons. The van der Waals surface area contributed by atoms with E-state index in [0.29, 0.717) is 22.9 Å². The number of sulfone groups is 1. The average molecular weight is 460 g/mol. The molecule has 2 aromatic carbocycles. The van der Waals surface area contributed by atoms with E-state index in [-0.39, 0.29) is 23.3 Å². The number of nitrogens with zero attached hydrogens (tertiary/aromatic N) is 1. The molecule has 0 saturated carbocycles. The van der Waals surface area contributed by atoms with Crippen molar-refractivity contribution in [3.63, 3.8) is 0 Å². The van der Waals surface area contributed by atoms with Crippen molar-refractivity contribution < 1.29 is 22.7 Å². The maximum atomic E-state index is 11.6. The van der Waals surface area contributed by atoms with Crippen molar-refractivity contribution >= 4 is 49.2 Å². The average Bonchev–Trinajstić information content (AvgIpc) is 3.35. The number of anilines is 1. The lowest BCUT2D eigenvalue weighted by molar-refractivity contribution is -0.140. The molecule has 0 fully saturated rings. The topological polar surface area (TPSA) is 124 Å². The number of esters is 1. The predicted molar refractivity (Wildman–Crippen MR) is 122 cm³/mol. The van der Waals surface area contributed by atoms with Gasteiger partial charge < -0.3 is 20.2 Å². The van der Waals surface area contributed by atoms with Crippen LogP contribution in [0, 0.1) is 0 Å². The Hall–Kier alpha value is -2.98. The summed E-state index contributed by atoms with van der Waals surface area (Å²) in [4.78, 5) is 19.6. The van der Waals surface area contributed by atoms with E-state index in [1.807, 2.05) is 12.1 Å². The van der Waals surface area contributed by atoms with Crippen LogP contribution in [-0.2, 0) is 19.4 Å². The zero-order valence-electron chi connectivity index (χ0n) is 16.9. The summed E-state index contributed by atoms with van der Waals surface area (Å²) in [5.74, 6) is 1.48. The van der Waals surface area contributed by atoms with Crippen LogP contribution in [-0.4, -0.2) is 49.6 Å². The van der Waals surface area contributed by atoms with Gasteiger partial charge >= 0.3 is 5.97 Å². The molecule has 1 aliphatic rings. The van der Waals surface area contributed by atoms with Gasteiger partial charge in [-0.3, -0.25) is 9.79 Å². The van der Waals surface area contributed by atoms with E-state index in [4.69, 9.17) is 15.2 Å². The second-order valence-corrected chi connectivity index (χ2v) is 10.2. The molecule has 0 saturated heterocycles. The Morgan fingerprint density at radius 2 is 1.97 bits per heavy atom. The van der Waals surface area contributed by atoms with Crippen molar-refractivity contribution in [3.05, 3.63) is 48.2 Å². The number of aromatic amines is 1. The van der Waals surface area contributed by atoms with Crippen LogP contribution in [0.25, 0.3) is 10.9 Å². The molecule has 3 aromatic rings. The van der Waals surface area contributed by atoms with Crippen LogP contribution in [0.15, 0.2) is 52.4 Å². The van der Waals surface area contributed by atoms with Gasteiger partial charge in [-0.05, 0) is 36.4 Å². The van der Waals surface area contributed by atoms with Crippen LogP contribution < -0.4 is 10.5 Å².